The van der Waals surface area contributed by atoms with Gasteiger partial charge in [0.25, 0.3) is 0 Å². The number of hydrogen-bond acceptors (Lipinski definition) is 4. The molecule has 0 unspecified atom stereocenters. The van der Waals surface area contributed by atoms with E-state index >= 15 is 0 Å². The monoisotopic (exact) mass is 226 g/mol. The van der Waals surface area contributed by atoms with Gasteiger partial charge in [-0.05, 0) is 18.2 Å². The molecule has 0 saturated carbocycles. The lowest BCUT2D eigenvalue weighted by atomic mass is 10.2. The fraction of sp³-hybridized carbons (Fsp3) is 0.0769. The predicted molar refractivity (Wildman–Crippen MR) is 61.4 cm³/mol. The molecule has 2 rings (SSSR count). The van der Waals surface area contributed by atoms with E-state index < -0.39 is 0 Å². The van der Waals surface area contributed by atoms with Crippen LogP contribution in [0.4, 0.5) is 0 Å². The van der Waals surface area contributed by atoms with E-state index in [4.69, 9.17) is 15.1 Å². The summed E-state index contributed by atoms with van der Waals surface area (Å²) in [7, 11) is 0. The second-order valence-corrected chi connectivity index (χ2v) is 3.34. The number of nitriles is 1. The molecular weight excluding hydrogens is 216 g/mol. The maximum Gasteiger partial charge on any atom is 0.237 e. The molecule has 1 N–H and O–H groups in total. The lowest BCUT2D eigenvalue weighted by Crippen LogP contribution is -1.95. The Morgan fingerprint density at radius 1 is 1.24 bits per heavy atom. The maximum atomic E-state index is 9.16. The first-order valence-corrected chi connectivity index (χ1v) is 5.07. The van der Waals surface area contributed by atoms with Crippen molar-refractivity contribution in [2.24, 2.45) is 0 Å². The largest absolute Gasteiger partial charge is 0.437 e. The minimum Gasteiger partial charge on any atom is -0.437 e. The van der Waals surface area contributed by atoms with Gasteiger partial charge < -0.3 is 9.84 Å². The van der Waals surface area contributed by atoms with Crippen molar-refractivity contribution in [1.29, 1.82) is 5.26 Å². The van der Waals surface area contributed by atoms with Crippen molar-refractivity contribution >= 4 is 0 Å². The summed E-state index contributed by atoms with van der Waals surface area (Å²) < 4.78 is 5.53. The Morgan fingerprint density at radius 3 is 2.82 bits per heavy atom. The summed E-state index contributed by atoms with van der Waals surface area (Å²) in [6.07, 6.45) is 1.55. The number of para-hydroxylation sites is 1. The summed E-state index contributed by atoms with van der Waals surface area (Å²) in [5.74, 6) is 0.751. The molecule has 0 aliphatic carbocycles. The van der Waals surface area contributed by atoms with E-state index in [9.17, 15) is 0 Å². The number of hydrogen-bond donors (Lipinski definition) is 1. The van der Waals surface area contributed by atoms with Crippen LogP contribution in [0, 0.1) is 11.3 Å². The summed E-state index contributed by atoms with van der Waals surface area (Å²) in [5.41, 5.74) is 1.02. The molecular formula is C13H10N2O2. The topological polar surface area (TPSA) is 66.1 Å². The van der Waals surface area contributed by atoms with Crippen molar-refractivity contribution in [3.8, 4) is 17.7 Å². The van der Waals surface area contributed by atoms with Crippen molar-refractivity contribution in [3.05, 3.63) is 53.7 Å². The summed E-state index contributed by atoms with van der Waals surface area (Å²) in [6, 6.07) is 12.4. The van der Waals surface area contributed by atoms with Crippen LogP contribution >= 0.6 is 0 Å². The summed E-state index contributed by atoms with van der Waals surface area (Å²) in [5, 5.41) is 18.1. The first-order valence-electron chi connectivity index (χ1n) is 5.07. The lowest BCUT2D eigenvalue weighted by molar-refractivity contribution is 0.276. The Hall–Kier alpha value is -2.38. The molecule has 0 atom stereocenters. The van der Waals surface area contributed by atoms with Gasteiger partial charge in [0.2, 0.25) is 5.88 Å². The Balaban J connectivity index is 2.35. The SMILES string of the molecule is N#Cc1cccnc1Oc1ccccc1CO. The van der Waals surface area contributed by atoms with E-state index in [0.717, 1.165) is 0 Å². The van der Waals surface area contributed by atoms with Crippen molar-refractivity contribution in [2.45, 2.75) is 6.61 Å². The molecule has 0 fully saturated rings. The first-order chi connectivity index (χ1) is 8.35. The fourth-order valence-electron chi connectivity index (χ4n) is 1.40. The number of aromatic nitrogens is 1. The van der Waals surface area contributed by atoms with Crippen LogP contribution in [0.2, 0.25) is 0 Å². The number of aliphatic hydroxyl groups excluding tert-OH is 1. The highest BCUT2D eigenvalue weighted by atomic mass is 16.5. The predicted octanol–water partition coefficient (Wildman–Crippen LogP) is 2.24. The molecule has 0 bridgehead atoms. The van der Waals surface area contributed by atoms with Gasteiger partial charge in [-0.2, -0.15) is 5.26 Å². The summed E-state index contributed by atoms with van der Waals surface area (Å²) in [4.78, 5) is 3.99. The summed E-state index contributed by atoms with van der Waals surface area (Å²) >= 11 is 0. The average molecular weight is 226 g/mol. The second kappa shape index (κ2) is 5.10. The van der Waals surface area contributed by atoms with Crippen LogP contribution in [0.25, 0.3) is 0 Å². The molecule has 1 heterocycles. The Labute approximate surface area is 98.7 Å². The van der Waals surface area contributed by atoms with Gasteiger partial charge in [0.05, 0.1) is 6.61 Å². The standard InChI is InChI=1S/C13H10N2O2/c14-8-10-5-3-7-15-13(10)17-12-6-2-1-4-11(12)9-16/h1-7,16H,9H2. The van der Waals surface area contributed by atoms with Gasteiger partial charge in [-0.25, -0.2) is 4.98 Å². The van der Waals surface area contributed by atoms with Gasteiger partial charge in [-0.3, -0.25) is 0 Å². The van der Waals surface area contributed by atoms with Crippen LogP contribution in [0.3, 0.4) is 0 Å². The summed E-state index contributed by atoms with van der Waals surface area (Å²) in [6.45, 7) is -0.120. The van der Waals surface area contributed by atoms with E-state index in [2.05, 4.69) is 4.98 Å². The molecule has 2 aromatic rings. The number of nitrogens with zero attached hydrogens (tertiary/aromatic N) is 2. The van der Waals surface area contributed by atoms with Gasteiger partial charge in [-0.15, -0.1) is 0 Å². The molecule has 1 aromatic heterocycles. The minimum absolute atomic E-state index is 0.120. The van der Waals surface area contributed by atoms with E-state index in [1.807, 2.05) is 12.1 Å². The Bertz CT molecular complexity index is 561. The van der Waals surface area contributed by atoms with Crippen LogP contribution in [0.5, 0.6) is 11.6 Å². The highest BCUT2D eigenvalue weighted by Gasteiger charge is 2.07. The van der Waals surface area contributed by atoms with Crippen molar-refractivity contribution in [3.63, 3.8) is 0 Å². The van der Waals surface area contributed by atoms with Crippen LogP contribution < -0.4 is 4.74 Å². The first kappa shape index (κ1) is 11.1. The van der Waals surface area contributed by atoms with Crippen LogP contribution in [-0.2, 0) is 6.61 Å². The molecule has 4 heteroatoms. The second-order valence-electron chi connectivity index (χ2n) is 3.34. The van der Waals surface area contributed by atoms with Gasteiger partial charge in [0.15, 0.2) is 0 Å². The Kier molecular flexibility index (Phi) is 3.34. The molecule has 0 aliphatic heterocycles. The fourth-order valence-corrected chi connectivity index (χ4v) is 1.40. The molecule has 84 valence electrons. The quantitative estimate of drug-likeness (QED) is 0.871. The number of rotatable bonds is 3. The smallest absolute Gasteiger partial charge is 0.237 e. The van der Waals surface area contributed by atoms with E-state index in [1.165, 1.54) is 0 Å². The third-order valence-electron chi connectivity index (χ3n) is 2.24. The average Bonchev–Trinajstić information content (AvgIpc) is 2.40. The third kappa shape index (κ3) is 2.41. The number of benzene rings is 1. The van der Waals surface area contributed by atoms with Gasteiger partial charge in [0.1, 0.15) is 17.4 Å². The molecule has 0 aliphatic rings. The minimum atomic E-state index is -0.120. The maximum absolute atomic E-state index is 9.16. The van der Waals surface area contributed by atoms with Gasteiger partial charge in [0, 0.05) is 11.8 Å². The number of pyridine rings is 1. The highest BCUT2D eigenvalue weighted by molar-refractivity contribution is 5.42. The van der Waals surface area contributed by atoms with Gasteiger partial charge in [-0.1, -0.05) is 18.2 Å². The van der Waals surface area contributed by atoms with E-state index in [0.29, 0.717) is 16.9 Å². The van der Waals surface area contributed by atoms with Crippen molar-refractivity contribution < 1.29 is 9.84 Å². The molecule has 0 amide bonds. The van der Waals surface area contributed by atoms with Crippen LogP contribution in [-0.4, -0.2) is 10.1 Å². The van der Waals surface area contributed by atoms with Crippen molar-refractivity contribution in [1.82, 2.24) is 4.98 Å². The Morgan fingerprint density at radius 2 is 2.06 bits per heavy atom. The normalized spacial score (nSPS) is 9.65. The van der Waals surface area contributed by atoms with E-state index in [-0.39, 0.29) is 12.5 Å². The van der Waals surface area contributed by atoms with Crippen LogP contribution in [0.15, 0.2) is 42.6 Å². The zero-order valence-electron chi connectivity index (χ0n) is 9.00. The zero-order valence-corrected chi connectivity index (χ0v) is 9.00. The van der Waals surface area contributed by atoms with Gasteiger partial charge >= 0.3 is 0 Å². The number of ether oxygens (including phenoxy) is 1. The van der Waals surface area contributed by atoms with E-state index in [1.54, 1.807) is 36.5 Å². The molecule has 0 spiro atoms. The molecule has 1 aromatic carbocycles. The van der Waals surface area contributed by atoms with Crippen LogP contribution in [0.1, 0.15) is 11.1 Å². The molecule has 0 radical (unpaired) electrons. The third-order valence-corrected chi connectivity index (χ3v) is 2.24. The highest BCUT2D eigenvalue weighted by Crippen LogP contribution is 2.25. The zero-order chi connectivity index (χ0) is 12.1. The molecule has 4 nitrogen and oxygen atoms in total. The molecule has 17 heavy (non-hydrogen) atoms. The number of aliphatic hydroxyl groups is 1. The molecule has 0 saturated heterocycles. The van der Waals surface area contributed by atoms with Crippen molar-refractivity contribution in [2.75, 3.05) is 0 Å². The lowest BCUT2D eigenvalue weighted by Gasteiger charge is -2.09.